The van der Waals surface area contributed by atoms with Gasteiger partial charge in [-0.1, -0.05) is 6.92 Å². The summed E-state index contributed by atoms with van der Waals surface area (Å²) in [6.45, 7) is 5.28. The molecular weight excluding hydrogens is 192 g/mol. The van der Waals surface area contributed by atoms with Crippen molar-refractivity contribution in [3.05, 3.63) is 18.0 Å². The Labute approximate surface area is 89.6 Å². The number of carbonyl (C=O) groups excluding carboxylic acids is 1. The number of amides is 1. The molecule has 0 spiro atoms. The lowest BCUT2D eigenvalue weighted by Gasteiger charge is -2.14. The van der Waals surface area contributed by atoms with Gasteiger partial charge >= 0.3 is 0 Å². The van der Waals surface area contributed by atoms with Gasteiger partial charge in [0.2, 0.25) is 5.91 Å². The summed E-state index contributed by atoms with van der Waals surface area (Å²) in [5, 5.41) is 7.21. The predicted octanol–water partition coefficient (Wildman–Crippen LogP) is 0.0450. The van der Waals surface area contributed by atoms with Crippen LogP contribution < -0.4 is 11.1 Å². The Morgan fingerprint density at radius 2 is 2.47 bits per heavy atom. The van der Waals surface area contributed by atoms with Gasteiger partial charge in [0.15, 0.2) is 0 Å². The molecule has 0 aromatic carbocycles. The molecule has 0 aliphatic rings. The van der Waals surface area contributed by atoms with Gasteiger partial charge < -0.3 is 11.1 Å². The molecule has 15 heavy (non-hydrogen) atoms. The summed E-state index contributed by atoms with van der Waals surface area (Å²) >= 11 is 0. The summed E-state index contributed by atoms with van der Waals surface area (Å²) in [5.74, 6) is -0.336. The molecule has 5 heteroatoms. The second-order valence-corrected chi connectivity index (χ2v) is 3.65. The number of nitrogens with one attached hydrogen (secondary N) is 1. The van der Waals surface area contributed by atoms with Gasteiger partial charge in [-0.25, -0.2) is 0 Å². The zero-order valence-electron chi connectivity index (χ0n) is 9.23. The first kappa shape index (κ1) is 11.7. The van der Waals surface area contributed by atoms with Crippen LogP contribution in [0, 0.1) is 6.92 Å². The van der Waals surface area contributed by atoms with Crippen LogP contribution in [0.2, 0.25) is 0 Å². The topological polar surface area (TPSA) is 72.9 Å². The maximum Gasteiger partial charge on any atom is 0.236 e. The van der Waals surface area contributed by atoms with E-state index < -0.39 is 0 Å². The number of aryl methyl sites for hydroxylation is 1. The molecule has 1 heterocycles. The number of carbonyl (C=O) groups is 1. The quantitative estimate of drug-likeness (QED) is 0.696. The highest BCUT2D eigenvalue weighted by Gasteiger charge is 2.14. The lowest BCUT2D eigenvalue weighted by atomic mass is 10.2. The van der Waals surface area contributed by atoms with Crippen molar-refractivity contribution in [2.75, 3.05) is 6.54 Å². The molecule has 84 valence electrons. The average Bonchev–Trinajstić information content (AvgIpc) is 2.58. The van der Waals surface area contributed by atoms with Crippen LogP contribution in [0.4, 0.5) is 0 Å². The summed E-state index contributed by atoms with van der Waals surface area (Å²) in [6, 6.07) is -0.343. The van der Waals surface area contributed by atoms with E-state index in [1.165, 1.54) is 0 Å². The molecule has 3 N–H and O–H groups in total. The first-order chi connectivity index (χ1) is 7.13. The van der Waals surface area contributed by atoms with Gasteiger partial charge in [-0.15, -0.1) is 0 Å². The zero-order chi connectivity index (χ0) is 11.3. The number of nitrogens with zero attached hydrogens (tertiary/aromatic N) is 2. The Morgan fingerprint density at radius 3 is 2.93 bits per heavy atom. The standard InChI is InChI=1S/C10H18N4O/c1-3-4-12-9(10(11)15)7-14-6-8(2)5-13-14/h5-6,9,12H,3-4,7H2,1-2H3,(H2,11,15). The van der Waals surface area contributed by atoms with Gasteiger partial charge in [0, 0.05) is 6.20 Å². The largest absolute Gasteiger partial charge is 0.368 e. The molecule has 0 bridgehead atoms. The van der Waals surface area contributed by atoms with Crippen LogP contribution in [0.3, 0.4) is 0 Å². The molecule has 1 unspecified atom stereocenters. The van der Waals surface area contributed by atoms with Crippen molar-refractivity contribution in [2.45, 2.75) is 32.9 Å². The van der Waals surface area contributed by atoms with Crippen LogP contribution in [0.25, 0.3) is 0 Å². The first-order valence-corrected chi connectivity index (χ1v) is 5.15. The average molecular weight is 210 g/mol. The van der Waals surface area contributed by atoms with Crippen LogP contribution in [0.1, 0.15) is 18.9 Å². The molecule has 0 saturated carbocycles. The molecule has 1 rings (SSSR count). The van der Waals surface area contributed by atoms with E-state index in [1.54, 1.807) is 10.9 Å². The number of primary amides is 1. The van der Waals surface area contributed by atoms with Gasteiger partial charge in [0.05, 0.1) is 12.7 Å². The van der Waals surface area contributed by atoms with Crippen molar-refractivity contribution in [3.63, 3.8) is 0 Å². The van der Waals surface area contributed by atoms with Gasteiger partial charge in [-0.3, -0.25) is 9.48 Å². The summed E-state index contributed by atoms with van der Waals surface area (Å²) < 4.78 is 1.73. The molecule has 1 aromatic rings. The van der Waals surface area contributed by atoms with Gasteiger partial charge in [0.25, 0.3) is 0 Å². The third kappa shape index (κ3) is 3.71. The Kier molecular flexibility index (Phi) is 4.30. The molecule has 0 saturated heterocycles. The maximum atomic E-state index is 11.1. The van der Waals surface area contributed by atoms with Crippen molar-refractivity contribution in [1.82, 2.24) is 15.1 Å². The van der Waals surface area contributed by atoms with Crippen LogP contribution in [-0.2, 0) is 11.3 Å². The Bertz CT molecular complexity index is 321. The van der Waals surface area contributed by atoms with Crippen molar-refractivity contribution in [2.24, 2.45) is 5.73 Å². The fraction of sp³-hybridized carbons (Fsp3) is 0.600. The summed E-state index contributed by atoms with van der Waals surface area (Å²) in [4.78, 5) is 11.1. The third-order valence-electron chi connectivity index (χ3n) is 2.12. The molecule has 0 radical (unpaired) electrons. The van der Waals surface area contributed by atoms with Crippen molar-refractivity contribution in [1.29, 1.82) is 0 Å². The number of nitrogens with two attached hydrogens (primary N) is 1. The monoisotopic (exact) mass is 210 g/mol. The van der Waals surface area contributed by atoms with Crippen molar-refractivity contribution >= 4 is 5.91 Å². The highest BCUT2D eigenvalue weighted by atomic mass is 16.1. The van der Waals surface area contributed by atoms with E-state index in [1.807, 2.05) is 20.0 Å². The van der Waals surface area contributed by atoms with Crippen molar-refractivity contribution in [3.8, 4) is 0 Å². The Balaban J connectivity index is 2.54. The molecule has 1 atom stereocenters. The molecule has 0 fully saturated rings. The van der Waals surface area contributed by atoms with Crippen molar-refractivity contribution < 1.29 is 4.79 Å². The van der Waals surface area contributed by atoms with E-state index in [2.05, 4.69) is 10.4 Å². The number of aromatic nitrogens is 2. The molecule has 1 amide bonds. The maximum absolute atomic E-state index is 11.1. The van der Waals surface area contributed by atoms with E-state index in [4.69, 9.17) is 5.73 Å². The lowest BCUT2D eigenvalue weighted by molar-refractivity contribution is -0.120. The third-order valence-corrected chi connectivity index (χ3v) is 2.12. The van der Waals surface area contributed by atoms with E-state index >= 15 is 0 Å². The van der Waals surface area contributed by atoms with Gasteiger partial charge in [-0.2, -0.15) is 5.10 Å². The fourth-order valence-corrected chi connectivity index (χ4v) is 1.33. The molecular formula is C10H18N4O. The molecule has 1 aromatic heterocycles. The predicted molar refractivity (Wildman–Crippen MR) is 58.2 cm³/mol. The second-order valence-electron chi connectivity index (χ2n) is 3.65. The summed E-state index contributed by atoms with van der Waals surface area (Å²) in [6.07, 6.45) is 4.63. The second kappa shape index (κ2) is 5.50. The first-order valence-electron chi connectivity index (χ1n) is 5.15. The van der Waals surface area contributed by atoms with Gasteiger partial charge in [0.1, 0.15) is 6.04 Å². The summed E-state index contributed by atoms with van der Waals surface area (Å²) in [5.41, 5.74) is 6.37. The van der Waals surface area contributed by atoms with E-state index in [-0.39, 0.29) is 11.9 Å². The van der Waals surface area contributed by atoms with E-state index in [0.29, 0.717) is 6.54 Å². The van der Waals surface area contributed by atoms with Crippen LogP contribution in [0.15, 0.2) is 12.4 Å². The highest BCUT2D eigenvalue weighted by molar-refractivity contribution is 5.79. The molecule has 5 nitrogen and oxygen atoms in total. The smallest absolute Gasteiger partial charge is 0.236 e. The minimum absolute atomic E-state index is 0.336. The van der Waals surface area contributed by atoms with Crippen LogP contribution in [-0.4, -0.2) is 28.3 Å². The normalized spacial score (nSPS) is 12.7. The van der Waals surface area contributed by atoms with Crippen LogP contribution in [0.5, 0.6) is 0 Å². The molecule has 0 aliphatic carbocycles. The minimum atomic E-state index is -0.343. The van der Waals surface area contributed by atoms with Gasteiger partial charge in [-0.05, 0) is 25.5 Å². The number of hydrogen-bond donors (Lipinski definition) is 2. The number of hydrogen-bond acceptors (Lipinski definition) is 3. The van der Waals surface area contributed by atoms with E-state index in [9.17, 15) is 4.79 Å². The Hall–Kier alpha value is -1.36. The fourth-order valence-electron chi connectivity index (χ4n) is 1.33. The highest BCUT2D eigenvalue weighted by Crippen LogP contribution is 1.96. The zero-order valence-corrected chi connectivity index (χ0v) is 9.23. The SMILES string of the molecule is CCCNC(Cn1cc(C)cn1)C(N)=O. The summed E-state index contributed by atoms with van der Waals surface area (Å²) in [7, 11) is 0. The molecule has 0 aliphatic heterocycles. The number of rotatable bonds is 6. The minimum Gasteiger partial charge on any atom is -0.368 e. The van der Waals surface area contributed by atoms with E-state index in [0.717, 1.165) is 18.5 Å². The lowest BCUT2D eigenvalue weighted by Crippen LogP contribution is -2.44. The van der Waals surface area contributed by atoms with Crippen LogP contribution >= 0.6 is 0 Å². The Morgan fingerprint density at radius 1 is 1.73 bits per heavy atom.